The fourth-order valence-electron chi connectivity index (χ4n) is 1.68. The molecular weight excluding hydrogens is 277 g/mol. The van der Waals surface area contributed by atoms with Crippen LogP contribution in [-0.4, -0.2) is 16.5 Å². The average molecular weight is 293 g/mol. The molecule has 6 heteroatoms. The first kappa shape index (κ1) is 14.7. The van der Waals surface area contributed by atoms with Crippen LogP contribution in [0.3, 0.4) is 0 Å². The van der Waals surface area contributed by atoms with E-state index in [0.29, 0.717) is 28.7 Å². The number of rotatable bonds is 6. The second-order valence-electron chi connectivity index (χ2n) is 4.18. The van der Waals surface area contributed by atoms with Crippen molar-refractivity contribution < 1.29 is 4.39 Å². The molecule has 0 aliphatic carbocycles. The number of thioether (sulfide) groups is 1. The highest BCUT2D eigenvalue weighted by Gasteiger charge is 2.05. The van der Waals surface area contributed by atoms with Gasteiger partial charge in [0.25, 0.3) is 5.56 Å². The molecule has 0 aliphatic rings. The number of H-pyrrole nitrogens is 1. The zero-order valence-electron chi connectivity index (χ0n) is 11.1. The van der Waals surface area contributed by atoms with Crippen LogP contribution in [0.2, 0.25) is 0 Å². The van der Waals surface area contributed by atoms with E-state index in [2.05, 4.69) is 15.3 Å². The van der Waals surface area contributed by atoms with Gasteiger partial charge in [0.1, 0.15) is 11.6 Å². The van der Waals surface area contributed by atoms with Crippen molar-refractivity contribution in [3.05, 3.63) is 58.0 Å². The van der Waals surface area contributed by atoms with Gasteiger partial charge in [-0.05, 0) is 18.7 Å². The Morgan fingerprint density at radius 1 is 1.40 bits per heavy atom. The van der Waals surface area contributed by atoms with Crippen LogP contribution in [0.4, 0.5) is 4.39 Å². The smallest absolute Gasteiger partial charge is 0.251 e. The molecular formula is C14H16FN3OS. The van der Waals surface area contributed by atoms with E-state index in [1.807, 2.05) is 6.92 Å². The lowest BCUT2D eigenvalue weighted by atomic mass is 10.3. The van der Waals surface area contributed by atoms with Gasteiger partial charge in [-0.2, -0.15) is 0 Å². The number of aromatic nitrogens is 2. The summed E-state index contributed by atoms with van der Waals surface area (Å²) in [6, 6.07) is 8.03. The molecule has 4 nitrogen and oxygen atoms in total. The van der Waals surface area contributed by atoms with Crippen molar-refractivity contribution in [1.29, 1.82) is 0 Å². The zero-order valence-corrected chi connectivity index (χ0v) is 12.0. The van der Waals surface area contributed by atoms with Crippen LogP contribution in [0.1, 0.15) is 18.4 Å². The monoisotopic (exact) mass is 293 g/mol. The first-order valence-corrected chi connectivity index (χ1v) is 7.34. The summed E-state index contributed by atoms with van der Waals surface area (Å²) in [5, 5.41) is 3.12. The Morgan fingerprint density at radius 2 is 2.20 bits per heavy atom. The van der Waals surface area contributed by atoms with Crippen LogP contribution in [0.15, 0.2) is 40.0 Å². The summed E-state index contributed by atoms with van der Waals surface area (Å²) < 4.78 is 13.5. The maximum Gasteiger partial charge on any atom is 0.251 e. The summed E-state index contributed by atoms with van der Waals surface area (Å²) >= 11 is 1.31. The predicted molar refractivity (Wildman–Crippen MR) is 78.2 cm³/mol. The summed E-state index contributed by atoms with van der Waals surface area (Å²) in [6.07, 6.45) is 0. The second-order valence-corrected chi connectivity index (χ2v) is 5.20. The van der Waals surface area contributed by atoms with Crippen LogP contribution in [0.5, 0.6) is 0 Å². The van der Waals surface area contributed by atoms with Crippen LogP contribution < -0.4 is 10.9 Å². The minimum Gasteiger partial charge on any atom is -0.311 e. The van der Waals surface area contributed by atoms with Crippen LogP contribution in [0.25, 0.3) is 0 Å². The van der Waals surface area contributed by atoms with Gasteiger partial charge in [0.05, 0.1) is 11.4 Å². The molecule has 2 N–H and O–H groups in total. The van der Waals surface area contributed by atoms with Gasteiger partial charge in [0.2, 0.25) is 0 Å². The number of nitrogens with zero attached hydrogens (tertiary/aromatic N) is 1. The number of aromatic amines is 1. The van der Waals surface area contributed by atoms with Gasteiger partial charge in [-0.15, -0.1) is 11.8 Å². The van der Waals surface area contributed by atoms with E-state index in [4.69, 9.17) is 0 Å². The van der Waals surface area contributed by atoms with Gasteiger partial charge in [-0.25, -0.2) is 9.37 Å². The fourth-order valence-corrected chi connectivity index (χ4v) is 2.49. The lowest BCUT2D eigenvalue weighted by Gasteiger charge is -2.05. The van der Waals surface area contributed by atoms with Crippen molar-refractivity contribution in [3.8, 4) is 0 Å². The maximum atomic E-state index is 13.5. The molecule has 0 spiro atoms. The van der Waals surface area contributed by atoms with E-state index < -0.39 is 0 Å². The van der Waals surface area contributed by atoms with Gasteiger partial charge in [-0.1, -0.05) is 19.1 Å². The lowest BCUT2D eigenvalue weighted by Crippen LogP contribution is -2.18. The Morgan fingerprint density at radius 3 is 2.95 bits per heavy atom. The van der Waals surface area contributed by atoms with E-state index in [-0.39, 0.29) is 11.4 Å². The molecule has 0 bridgehead atoms. The normalized spacial score (nSPS) is 10.7. The molecule has 1 heterocycles. The quantitative estimate of drug-likeness (QED) is 0.803. The highest BCUT2D eigenvalue weighted by atomic mass is 32.2. The molecule has 2 aromatic rings. The minimum atomic E-state index is -0.261. The highest BCUT2D eigenvalue weighted by molar-refractivity contribution is 7.98. The molecule has 0 saturated carbocycles. The Hall–Kier alpha value is -1.66. The van der Waals surface area contributed by atoms with E-state index in [0.717, 1.165) is 6.54 Å². The molecule has 2 rings (SSSR count). The third kappa shape index (κ3) is 4.18. The fraction of sp³-hybridized carbons (Fsp3) is 0.286. The molecule has 20 heavy (non-hydrogen) atoms. The standard InChI is InChI=1S/C14H16FN3OS/c1-2-16-8-10-7-14(19)18-13(17-10)9-20-12-6-4-3-5-11(12)15/h3-7,16H,2,8-9H2,1H3,(H,17,18,19). The van der Waals surface area contributed by atoms with Crippen molar-refractivity contribution in [3.63, 3.8) is 0 Å². The molecule has 0 saturated heterocycles. The van der Waals surface area contributed by atoms with Gasteiger partial charge in [0, 0.05) is 17.5 Å². The van der Waals surface area contributed by atoms with E-state index in [1.165, 1.54) is 23.9 Å². The van der Waals surface area contributed by atoms with E-state index in [1.54, 1.807) is 18.2 Å². The summed E-state index contributed by atoms with van der Waals surface area (Å²) in [7, 11) is 0. The summed E-state index contributed by atoms with van der Waals surface area (Å²) in [5.74, 6) is 0.721. The topological polar surface area (TPSA) is 57.8 Å². The third-order valence-electron chi connectivity index (χ3n) is 2.60. The zero-order chi connectivity index (χ0) is 14.4. The van der Waals surface area contributed by atoms with Crippen molar-refractivity contribution in [2.45, 2.75) is 24.1 Å². The summed E-state index contributed by atoms with van der Waals surface area (Å²) in [6.45, 7) is 3.35. The number of hydrogen-bond donors (Lipinski definition) is 2. The number of nitrogens with one attached hydrogen (secondary N) is 2. The molecule has 0 aliphatic heterocycles. The summed E-state index contributed by atoms with van der Waals surface area (Å²) in [5.41, 5.74) is 0.511. The highest BCUT2D eigenvalue weighted by Crippen LogP contribution is 2.23. The molecule has 0 atom stereocenters. The third-order valence-corrected chi connectivity index (χ3v) is 3.66. The first-order chi connectivity index (χ1) is 9.69. The number of hydrogen-bond acceptors (Lipinski definition) is 4. The van der Waals surface area contributed by atoms with Gasteiger partial charge < -0.3 is 10.3 Å². The molecule has 0 unspecified atom stereocenters. The van der Waals surface area contributed by atoms with Gasteiger partial charge in [-0.3, -0.25) is 4.79 Å². The van der Waals surface area contributed by atoms with Crippen LogP contribution in [0, 0.1) is 5.82 Å². The first-order valence-electron chi connectivity index (χ1n) is 6.36. The second kappa shape index (κ2) is 7.21. The Kier molecular flexibility index (Phi) is 5.31. The average Bonchev–Trinajstić information content (AvgIpc) is 2.44. The molecule has 106 valence electrons. The van der Waals surface area contributed by atoms with Crippen LogP contribution >= 0.6 is 11.8 Å². The van der Waals surface area contributed by atoms with Crippen molar-refractivity contribution >= 4 is 11.8 Å². The van der Waals surface area contributed by atoms with Gasteiger partial charge >= 0.3 is 0 Å². The Balaban J connectivity index is 2.07. The Labute approximate surface area is 120 Å². The molecule has 0 amide bonds. The van der Waals surface area contributed by atoms with Crippen molar-refractivity contribution in [2.75, 3.05) is 6.54 Å². The lowest BCUT2D eigenvalue weighted by molar-refractivity contribution is 0.602. The minimum absolute atomic E-state index is 0.183. The summed E-state index contributed by atoms with van der Waals surface area (Å²) in [4.78, 5) is 19.1. The molecule has 0 radical (unpaired) electrons. The van der Waals surface area contributed by atoms with E-state index in [9.17, 15) is 9.18 Å². The molecule has 0 fully saturated rings. The predicted octanol–water partition coefficient (Wildman–Crippen LogP) is 2.31. The number of benzene rings is 1. The van der Waals surface area contributed by atoms with E-state index >= 15 is 0 Å². The molecule has 1 aromatic heterocycles. The van der Waals surface area contributed by atoms with Crippen molar-refractivity contribution in [1.82, 2.24) is 15.3 Å². The van der Waals surface area contributed by atoms with Crippen LogP contribution in [-0.2, 0) is 12.3 Å². The Bertz CT molecular complexity index is 630. The van der Waals surface area contributed by atoms with Crippen molar-refractivity contribution in [2.24, 2.45) is 0 Å². The SMILES string of the molecule is CCNCc1cc(=O)[nH]c(CSc2ccccc2F)n1. The maximum absolute atomic E-state index is 13.5. The number of halogens is 1. The molecule has 1 aromatic carbocycles. The largest absolute Gasteiger partial charge is 0.311 e. The van der Waals surface area contributed by atoms with Gasteiger partial charge in [0.15, 0.2) is 0 Å².